The second-order valence-electron chi connectivity index (χ2n) is 11.1. The first-order valence-corrected chi connectivity index (χ1v) is 14.7. The first-order chi connectivity index (χ1) is 19.5. The summed E-state index contributed by atoms with van der Waals surface area (Å²) in [4.78, 5) is 30.0. The van der Waals surface area contributed by atoms with Crippen LogP contribution in [0, 0.1) is 0 Å². The SMILES string of the molecule is COc1ccc(-c2nnn(CC(=O)N(c3ccc(C4CCCCC4)cc3)[C@@H](C)C(=O)NC3CCCCC3)n2)cc1. The van der Waals surface area contributed by atoms with Crippen LogP contribution in [0.3, 0.4) is 0 Å². The average Bonchev–Trinajstić information content (AvgIpc) is 3.47. The Kier molecular flexibility index (Phi) is 9.08. The number of tetrazole rings is 1. The Labute approximate surface area is 236 Å². The van der Waals surface area contributed by atoms with E-state index in [0.29, 0.717) is 17.4 Å². The molecule has 2 aliphatic rings. The van der Waals surface area contributed by atoms with E-state index in [0.717, 1.165) is 37.0 Å². The van der Waals surface area contributed by atoms with E-state index in [2.05, 4.69) is 32.9 Å². The van der Waals surface area contributed by atoms with E-state index in [1.54, 1.807) is 18.9 Å². The fraction of sp³-hybridized carbons (Fsp3) is 0.516. The predicted octanol–water partition coefficient (Wildman–Crippen LogP) is 5.27. The van der Waals surface area contributed by atoms with Crippen molar-refractivity contribution in [2.45, 2.75) is 95.7 Å². The fourth-order valence-corrected chi connectivity index (χ4v) is 5.98. The number of aromatic nitrogens is 4. The van der Waals surface area contributed by atoms with Gasteiger partial charge in [0.25, 0.3) is 5.91 Å². The van der Waals surface area contributed by atoms with Crippen molar-refractivity contribution in [1.82, 2.24) is 25.5 Å². The zero-order chi connectivity index (χ0) is 27.9. The second-order valence-corrected chi connectivity index (χ2v) is 11.1. The van der Waals surface area contributed by atoms with Crippen molar-refractivity contribution in [2.75, 3.05) is 12.0 Å². The number of rotatable bonds is 9. The molecule has 0 radical (unpaired) electrons. The van der Waals surface area contributed by atoms with Crippen molar-refractivity contribution in [3.63, 3.8) is 0 Å². The minimum atomic E-state index is -0.681. The van der Waals surface area contributed by atoms with Crippen LogP contribution in [0.2, 0.25) is 0 Å². The average molecular weight is 545 g/mol. The molecule has 1 heterocycles. The maximum absolute atomic E-state index is 13.8. The zero-order valence-corrected chi connectivity index (χ0v) is 23.6. The van der Waals surface area contributed by atoms with Crippen LogP contribution >= 0.6 is 0 Å². The number of nitrogens with one attached hydrogen (secondary N) is 1. The number of benzene rings is 2. The molecule has 2 aliphatic carbocycles. The molecule has 40 heavy (non-hydrogen) atoms. The number of hydrogen-bond donors (Lipinski definition) is 1. The molecule has 9 nitrogen and oxygen atoms in total. The Morgan fingerprint density at radius 3 is 2.25 bits per heavy atom. The topological polar surface area (TPSA) is 102 Å². The lowest BCUT2D eigenvalue weighted by Crippen LogP contribution is -2.51. The summed E-state index contributed by atoms with van der Waals surface area (Å²) in [6.45, 7) is 1.66. The molecule has 1 atom stereocenters. The Hall–Kier alpha value is -3.75. The highest BCUT2D eigenvalue weighted by Crippen LogP contribution is 2.33. The molecule has 1 aromatic heterocycles. The van der Waals surface area contributed by atoms with Gasteiger partial charge in [-0.15, -0.1) is 10.2 Å². The number of nitrogens with zero attached hydrogens (tertiary/aromatic N) is 5. The number of carbonyl (C=O) groups excluding carboxylic acids is 2. The predicted molar refractivity (Wildman–Crippen MR) is 154 cm³/mol. The van der Waals surface area contributed by atoms with Gasteiger partial charge in [-0.25, -0.2) is 0 Å². The van der Waals surface area contributed by atoms with Gasteiger partial charge < -0.3 is 10.1 Å². The van der Waals surface area contributed by atoms with Crippen molar-refractivity contribution in [3.8, 4) is 17.1 Å². The minimum absolute atomic E-state index is 0.130. The summed E-state index contributed by atoms with van der Waals surface area (Å²) >= 11 is 0. The van der Waals surface area contributed by atoms with Crippen molar-refractivity contribution in [3.05, 3.63) is 54.1 Å². The third-order valence-electron chi connectivity index (χ3n) is 8.31. The molecule has 0 aliphatic heterocycles. The summed E-state index contributed by atoms with van der Waals surface area (Å²) < 4.78 is 5.22. The molecular weight excluding hydrogens is 504 g/mol. The van der Waals surface area contributed by atoms with E-state index in [1.165, 1.54) is 48.9 Å². The lowest BCUT2D eigenvalue weighted by Gasteiger charge is -2.31. The molecule has 0 bridgehead atoms. The lowest BCUT2D eigenvalue weighted by molar-refractivity contribution is -0.127. The Morgan fingerprint density at radius 2 is 1.60 bits per heavy atom. The van der Waals surface area contributed by atoms with Crippen LogP contribution in [-0.2, 0) is 16.1 Å². The zero-order valence-electron chi connectivity index (χ0n) is 23.6. The van der Waals surface area contributed by atoms with E-state index < -0.39 is 6.04 Å². The number of methoxy groups -OCH3 is 1. The van der Waals surface area contributed by atoms with Crippen LogP contribution in [0.5, 0.6) is 5.75 Å². The van der Waals surface area contributed by atoms with Crippen molar-refractivity contribution in [2.24, 2.45) is 0 Å². The Bertz CT molecular complexity index is 1260. The maximum atomic E-state index is 13.8. The Morgan fingerprint density at radius 1 is 0.950 bits per heavy atom. The van der Waals surface area contributed by atoms with E-state index >= 15 is 0 Å². The summed E-state index contributed by atoms with van der Waals surface area (Å²) in [5.41, 5.74) is 2.78. The molecule has 2 fully saturated rings. The van der Waals surface area contributed by atoms with Gasteiger partial charge >= 0.3 is 0 Å². The van der Waals surface area contributed by atoms with Gasteiger partial charge in [0, 0.05) is 17.3 Å². The quantitative estimate of drug-likeness (QED) is 0.394. The molecule has 2 saturated carbocycles. The third kappa shape index (κ3) is 6.69. The normalized spacial score (nSPS) is 17.2. The van der Waals surface area contributed by atoms with Gasteiger partial charge in [-0.3, -0.25) is 14.5 Å². The monoisotopic (exact) mass is 544 g/mol. The van der Waals surface area contributed by atoms with Crippen LogP contribution in [0.15, 0.2) is 48.5 Å². The van der Waals surface area contributed by atoms with Gasteiger partial charge in [0.2, 0.25) is 11.7 Å². The highest BCUT2D eigenvalue weighted by molar-refractivity contribution is 6.00. The summed E-state index contributed by atoms with van der Waals surface area (Å²) in [5.74, 6) is 1.31. The summed E-state index contributed by atoms with van der Waals surface area (Å²) in [5, 5.41) is 15.9. The first kappa shape index (κ1) is 27.8. The van der Waals surface area contributed by atoms with Crippen LogP contribution in [0.1, 0.15) is 82.6 Å². The van der Waals surface area contributed by atoms with Crippen LogP contribution in [-0.4, -0.2) is 51.2 Å². The van der Waals surface area contributed by atoms with Gasteiger partial charge in [0.1, 0.15) is 18.3 Å². The molecule has 9 heteroatoms. The molecule has 1 N–H and O–H groups in total. The highest BCUT2D eigenvalue weighted by atomic mass is 16.5. The van der Waals surface area contributed by atoms with E-state index in [-0.39, 0.29) is 24.4 Å². The molecule has 0 saturated heterocycles. The standard InChI is InChI=1S/C31H40N6O3/c1-22(31(39)32-26-11-7-4-8-12-26)37(27-17-13-24(14-18-27)23-9-5-3-6-10-23)29(38)21-36-34-30(33-35-36)25-15-19-28(40-2)20-16-25/h13-20,22-23,26H,3-12,21H2,1-2H3,(H,32,39)/t22-/m0/s1. The van der Waals surface area contributed by atoms with Crippen molar-refractivity contribution >= 4 is 17.5 Å². The molecule has 212 valence electrons. The number of hydrogen-bond acceptors (Lipinski definition) is 6. The van der Waals surface area contributed by atoms with Crippen molar-refractivity contribution < 1.29 is 14.3 Å². The van der Waals surface area contributed by atoms with Gasteiger partial charge in [0.05, 0.1) is 7.11 Å². The molecule has 0 unspecified atom stereocenters. The number of amides is 2. The minimum Gasteiger partial charge on any atom is -0.497 e. The van der Waals surface area contributed by atoms with Crippen LogP contribution < -0.4 is 15.0 Å². The van der Waals surface area contributed by atoms with Gasteiger partial charge in [-0.1, -0.05) is 50.7 Å². The summed E-state index contributed by atoms with van der Waals surface area (Å²) in [6.07, 6.45) is 11.7. The van der Waals surface area contributed by atoms with Gasteiger partial charge in [0.15, 0.2) is 0 Å². The first-order valence-electron chi connectivity index (χ1n) is 14.7. The maximum Gasteiger partial charge on any atom is 0.251 e. The summed E-state index contributed by atoms with van der Waals surface area (Å²) in [6, 6.07) is 15.0. The molecule has 2 amide bonds. The highest BCUT2D eigenvalue weighted by Gasteiger charge is 2.30. The summed E-state index contributed by atoms with van der Waals surface area (Å²) in [7, 11) is 1.61. The number of carbonyl (C=O) groups is 2. The largest absolute Gasteiger partial charge is 0.497 e. The van der Waals surface area contributed by atoms with Crippen molar-refractivity contribution in [1.29, 1.82) is 0 Å². The fourth-order valence-electron chi connectivity index (χ4n) is 5.98. The van der Waals surface area contributed by atoms with Crippen LogP contribution in [0.25, 0.3) is 11.4 Å². The van der Waals surface area contributed by atoms with E-state index in [4.69, 9.17) is 4.74 Å². The smallest absolute Gasteiger partial charge is 0.251 e. The van der Waals surface area contributed by atoms with Gasteiger partial charge in [-0.05, 0) is 85.7 Å². The van der Waals surface area contributed by atoms with E-state index in [9.17, 15) is 9.59 Å². The number of ether oxygens (including phenoxy) is 1. The van der Waals surface area contributed by atoms with Gasteiger partial charge in [-0.2, -0.15) is 4.80 Å². The molecular formula is C31H40N6O3. The molecule has 0 spiro atoms. The number of anilines is 1. The van der Waals surface area contributed by atoms with Crippen LogP contribution in [0.4, 0.5) is 5.69 Å². The third-order valence-corrected chi connectivity index (χ3v) is 8.31. The lowest BCUT2D eigenvalue weighted by atomic mass is 9.84. The Balaban J connectivity index is 1.34. The molecule has 2 aromatic carbocycles. The second kappa shape index (κ2) is 13.1. The van der Waals surface area contributed by atoms with E-state index in [1.807, 2.05) is 36.4 Å². The molecule has 5 rings (SSSR count). The molecule has 3 aromatic rings.